The van der Waals surface area contributed by atoms with E-state index in [9.17, 15) is 0 Å². The van der Waals surface area contributed by atoms with Crippen LogP contribution >= 0.6 is 0 Å². The number of nitrogens with zero attached hydrogens (tertiary/aromatic N) is 1. The fourth-order valence-electron chi connectivity index (χ4n) is 6.99. The van der Waals surface area contributed by atoms with Crippen molar-refractivity contribution in [3.8, 4) is 0 Å². The Labute approximate surface area is 128 Å². The molecule has 3 atom stereocenters. The number of rotatable bonds is 1. The Kier molecular flexibility index (Phi) is 2.39. The molecule has 4 bridgehead atoms. The normalized spacial score (nSPS) is 47.6. The molecular formula is C19H28N2. The Bertz CT molecular complexity index is 570. The maximum absolute atomic E-state index is 5.20. The molecule has 1 aromatic rings. The molecule has 5 aliphatic rings. The standard InChI is InChI=1S/C19H28N2/c1-12-4-3-5-15-16(12)21-17(20-15)19-9-13-6-14(10-19)8-18(2,7-13)11-19/h12-14H,3-11H2,1-2H3,(H,20,21). The number of imidazole rings is 1. The minimum absolute atomic E-state index is 0.413. The van der Waals surface area contributed by atoms with Crippen molar-refractivity contribution in [1.29, 1.82) is 0 Å². The maximum atomic E-state index is 5.20. The Hall–Kier alpha value is -0.790. The molecule has 0 saturated heterocycles. The van der Waals surface area contributed by atoms with Crippen molar-refractivity contribution in [3.05, 3.63) is 17.2 Å². The largest absolute Gasteiger partial charge is 0.345 e. The molecule has 2 nitrogen and oxygen atoms in total. The first-order valence-corrected chi connectivity index (χ1v) is 9.15. The number of aryl methyl sites for hydroxylation is 1. The first-order chi connectivity index (χ1) is 10.1. The van der Waals surface area contributed by atoms with Crippen molar-refractivity contribution in [1.82, 2.24) is 9.97 Å². The minimum Gasteiger partial charge on any atom is -0.345 e. The van der Waals surface area contributed by atoms with E-state index in [1.165, 1.54) is 75.0 Å². The lowest BCUT2D eigenvalue weighted by molar-refractivity contribution is -0.0646. The van der Waals surface area contributed by atoms with Gasteiger partial charge in [-0.3, -0.25) is 0 Å². The zero-order chi connectivity index (χ0) is 14.2. The predicted octanol–water partition coefficient (Wildman–Crippen LogP) is 4.71. The molecule has 0 amide bonds. The van der Waals surface area contributed by atoms with Crippen molar-refractivity contribution < 1.29 is 0 Å². The smallest absolute Gasteiger partial charge is 0.112 e. The summed E-state index contributed by atoms with van der Waals surface area (Å²) in [7, 11) is 0. The third-order valence-electron chi connectivity index (χ3n) is 7.20. The van der Waals surface area contributed by atoms with Crippen LogP contribution in [0.2, 0.25) is 0 Å². The Morgan fingerprint density at radius 3 is 2.57 bits per heavy atom. The Balaban J connectivity index is 1.58. The average molecular weight is 284 g/mol. The van der Waals surface area contributed by atoms with Gasteiger partial charge in [0, 0.05) is 17.0 Å². The molecule has 1 heterocycles. The van der Waals surface area contributed by atoms with Crippen LogP contribution in [0, 0.1) is 17.3 Å². The summed E-state index contributed by atoms with van der Waals surface area (Å²) in [6.45, 7) is 4.92. The molecule has 3 unspecified atom stereocenters. The van der Waals surface area contributed by atoms with Gasteiger partial charge < -0.3 is 4.98 Å². The molecule has 4 fully saturated rings. The van der Waals surface area contributed by atoms with Crippen LogP contribution in [0.15, 0.2) is 0 Å². The summed E-state index contributed by atoms with van der Waals surface area (Å²) in [4.78, 5) is 9.02. The number of nitrogens with one attached hydrogen (secondary N) is 1. The Morgan fingerprint density at radius 1 is 1.14 bits per heavy atom. The van der Waals surface area contributed by atoms with E-state index in [0.29, 0.717) is 16.7 Å². The molecule has 1 N–H and O–H groups in total. The lowest BCUT2D eigenvalue weighted by atomic mass is 9.44. The van der Waals surface area contributed by atoms with E-state index in [4.69, 9.17) is 4.98 Å². The lowest BCUT2D eigenvalue weighted by Crippen LogP contribution is -2.53. The van der Waals surface area contributed by atoms with Gasteiger partial charge in [-0.2, -0.15) is 0 Å². The molecule has 4 saturated carbocycles. The highest BCUT2D eigenvalue weighted by Gasteiger charge is 2.57. The molecule has 114 valence electrons. The predicted molar refractivity (Wildman–Crippen MR) is 84.4 cm³/mol. The van der Waals surface area contributed by atoms with Gasteiger partial charge in [0.1, 0.15) is 5.82 Å². The number of hydrogen-bond acceptors (Lipinski definition) is 1. The summed E-state index contributed by atoms with van der Waals surface area (Å²) in [5.41, 5.74) is 3.92. The third-order valence-corrected chi connectivity index (χ3v) is 7.20. The summed E-state index contributed by atoms with van der Waals surface area (Å²) < 4.78 is 0. The van der Waals surface area contributed by atoms with Gasteiger partial charge in [-0.1, -0.05) is 13.8 Å². The summed E-state index contributed by atoms with van der Waals surface area (Å²) >= 11 is 0. The number of aromatic amines is 1. The lowest BCUT2D eigenvalue weighted by Gasteiger charge is -2.60. The van der Waals surface area contributed by atoms with Crippen LogP contribution in [-0.2, 0) is 11.8 Å². The number of H-pyrrole nitrogens is 1. The highest BCUT2D eigenvalue weighted by atomic mass is 15.0. The van der Waals surface area contributed by atoms with E-state index in [0.717, 1.165) is 11.8 Å². The molecule has 0 radical (unpaired) electrons. The molecule has 6 rings (SSSR count). The van der Waals surface area contributed by atoms with E-state index in [1.807, 2.05) is 0 Å². The second-order valence-electron chi connectivity index (χ2n) is 9.29. The molecule has 0 aliphatic heterocycles. The topological polar surface area (TPSA) is 28.7 Å². The SMILES string of the molecule is CC1CCCc2[nH]c(C34CC5CC(CC(C)(C5)C3)C4)nc21. The maximum Gasteiger partial charge on any atom is 0.112 e. The first-order valence-electron chi connectivity index (χ1n) is 9.15. The van der Waals surface area contributed by atoms with Crippen LogP contribution in [0.4, 0.5) is 0 Å². The van der Waals surface area contributed by atoms with Crippen LogP contribution in [0.3, 0.4) is 0 Å². The van der Waals surface area contributed by atoms with E-state index >= 15 is 0 Å². The van der Waals surface area contributed by atoms with Crippen LogP contribution in [0.25, 0.3) is 0 Å². The number of aromatic nitrogens is 2. The van der Waals surface area contributed by atoms with Crippen LogP contribution < -0.4 is 0 Å². The minimum atomic E-state index is 0.413. The van der Waals surface area contributed by atoms with Gasteiger partial charge in [-0.15, -0.1) is 0 Å². The highest BCUT2D eigenvalue weighted by molar-refractivity contribution is 5.28. The van der Waals surface area contributed by atoms with E-state index in [2.05, 4.69) is 18.8 Å². The molecule has 21 heavy (non-hydrogen) atoms. The Morgan fingerprint density at radius 2 is 1.90 bits per heavy atom. The summed E-state index contributed by atoms with van der Waals surface area (Å²) in [5.74, 6) is 4.02. The molecule has 0 spiro atoms. The first kappa shape index (κ1) is 12.7. The quantitative estimate of drug-likeness (QED) is 0.795. The van der Waals surface area contributed by atoms with Gasteiger partial charge in [-0.25, -0.2) is 4.98 Å². The van der Waals surface area contributed by atoms with Crippen molar-refractivity contribution >= 4 is 0 Å². The molecule has 2 heteroatoms. The van der Waals surface area contributed by atoms with Crippen molar-refractivity contribution in [2.24, 2.45) is 17.3 Å². The fourth-order valence-corrected chi connectivity index (χ4v) is 6.99. The molecule has 5 aliphatic carbocycles. The fraction of sp³-hybridized carbons (Fsp3) is 0.842. The van der Waals surface area contributed by atoms with Gasteiger partial charge in [0.25, 0.3) is 0 Å². The molecular weight excluding hydrogens is 256 g/mol. The van der Waals surface area contributed by atoms with Crippen molar-refractivity contribution in [3.63, 3.8) is 0 Å². The second-order valence-corrected chi connectivity index (χ2v) is 9.29. The highest BCUT2D eigenvalue weighted by Crippen LogP contribution is 2.65. The third kappa shape index (κ3) is 1.74. The second kappa shape index (κ2) is 3.94. The molecule has 0 aromatic carbocycles. The monoisotopic (exact) mass is 284 g/mol. The van der Waals surface area contributed by atoms with Gasteiger partial charge >= 0.3 is 0 Å². The van der Waals surface area contributed by atoms with Crippen LogP contribution in [0.5, 0.6) is 0 Å². The van der Waals surface area contributed by atoms with Crippen LogP contribution in [0.1, 0.15) is 88.3 Å². The van der Waals surface area contributed by atoms with Gasteiger partial charge in [0.15, 0.2) is 0 Å². The van der Waals surface area contributed by atoms with Crippen LogP contribution in [-0.4, -0.2) is 9.97 Å². The molecule has 1 aromatic heterocycles. The number of fused-ring (bicyclic) bond motifs is 1. The van der Waals surface area contributed by atoms with Crippen molar-refractivity contribution in [2.75, 3.05) is 0 Å². The average Bonchev–Trinajstić information content (AvgIpc) is 2.82. The summed E-state index contributed by atoms with van der Waals surface area (Å²) in [6.07, 6.45) is 12.6. The van der Waals surface area contributed by atoms with Crippen molar-refractivity contribution in [2.45, 2.75) is 83.0 Å². The van der Waals surface area contributed by atoms with Gasteiger partial charge in [0.05, 0.1) is 5.69 Å². The van der Waals surface area contributed by atoms with Gasteiger partial charge in [-0.05, 0) is 75.0 Å². The number of hydrogen-bond donors (Lipinski definition) is 1. The summed E-state index contributed by atoms with van der Waals surface area (Å²) in [6, 6.07) is 0. The van der Waals surface area contributed by atoms with E-state index in [-0.39, 0.29) is 0 Å². The van der Waals surface area contributed by atoms with E-state index in [1.54, 1.807) is 0 Å². The van der Waals surface area contributed by atoms with Gasteiger partial charge in [0.2, 0.25) is 0 Å². The zero-order valence-corrected chi connectivity index (χ0v) is 13.5. The summed E-state index contributed by atoms with van der Waals surface area (Å²) in [5, 5.41) is 0. The van der Waals surface area contributed by atoms with E-state index < -0.39 is 0 Å². The zero-order valence-electron chi connectivity index (χ0n) is 13.5.